The molecule has 30 heavy (non-hydrogen) atoms. The fourth-order valence-corrected chi connectivity index (χ4v) is 3.82. The standard InChI is InChI=1S/C20H20Cl2N6O2/c1-10-11(2)24-28(12(10)3)19-23-17-16(25(19)4)18(29)27(20(30)26(17)5)9-13-6-7-14(21)15(22)8-13/h6-8H,9H2,1-5H3. The van der Waals surface area contributed by atoms with Crippen molar-refractivity contribution in [3.8, 4) is 5.95 Å². The molecule has 0 fully saturated rings. The van der Waals surface area contributed by atoms with Crippen LogP contribution in [0.1, 0.15) is 22.5 Å². The first-order chi connectivity index (χ1) is 14.1. The molecule has 3 aromatic heterocycles. The molecule has 0 saturated carbocycles. The lowest BCUT2D eigenvalue weighted by molar-refractivity contribution is 0.655. The Hall–Kier alpha value is -2.84. The van der Waals surface area contributed by atoms with Crippen LogP contribution in [-0.2, 0) is 20.6 Å². The molecule has 0 amide bonds. The van der Waals surface area contributed by atoms with Crippen molar-refractivity contribution in [2.24, 2.45) is 14.1 Å². The van der Waals surface area contributed by atoms with Crippen LogP contribution in [-0.4, -0.2) is 28.5 Å². The topological polar surface area (TPSA) is 79.6 Å². The van der Waals surface area contributed by atoms with E-state index in [0.717, 1.165) is 17.0 Å². The number of aromatic nitrogens is 6. The maximum Gasteiger partial charge on any atom is 0.332 e. The van der Waals surface area contributed by atoms with E-state index in [1.165, 1.54) is 9.13 Å². The summed E-state index contributed by atoms with van der Waals surface area (Å²) >= 11 is 12.1. The van der Waals surface area contributed by atoms with Crippen molar-refractivity contribution >= 4 is 34.4 Å². The monoisotopic (exact) mass is 446 g/mol. The highest BCUT2D eigenvalue weighted by molar-refractivity contribution is 6.42. The first-order valence-corrected chi connectivity index (χ1v) is 10.0. The van der Waals surface area contributed by atoms with E-state index in [1.807, 2.05) is 20.8 Å². The fraction of sp³-hybridized carbons (Fsp3) is 0.300. The molecule has 156 valence electrons. The predicted octanol–water partition coefficient (Wildman–Crippen LogP) is 2.90. The average molecular weight is 447 g/mol. The summed E-state index contributed by atoms with van der Waals surface area (Å²) in [5.74, 6) is 0.470. The van der Waals surface area contributed by atoms with Gasteiger partial charge in [0.25, 0.3) is 5.56 Å². The first kappa shape index (κ1) is 20.4. The molecule has 0 unspecified atom stereocenters. The van der Waals surface area contributed by atoms with Gasteiger partial charge in [-0.25, -0.2) is 9.48 Å². The van der Waals surface area contributed by atoms with Crippen LogP contribution in [0.2, 0.25) is 10.0 Å². The van der Waals surface area contributed by atoms with E-state index >= 15 is 0 Å². The molecule has 0 spiro atoms. The van der Waals surface area contributed by atoms with Gasteiger partial charge in [-0.15, -0.1) is 0 Å². The van der Waals surface area contributed by atoms with Crippen molar-refractivity contribution in [1.82, 2.24) is 28.5 Å². The maximum atomic E-state index is 13.3. The van der Waals surface area contributed by atoms with Crippen LogP contribution in [0.15, 0.2) is 27.8 Å². The molecule has 0 saturated heterocycles. The third kappa shape index (κ3) is 2.98. The summed E-state index contributed by atoms with van der Waals surface area (Å²) in [5, 5.41) is 5.31. The van der Waals surface area contributed by atoms with Gasteiger partial charge in [0.15, 0.2) is 11.2 Å². The highest BCUT2D eigenvalue weighted by Crippen LogP contribution is 2.23. The molecular formula is C20H20Cl2N6O2. The van der Waals surface area contributed by atoms with E-state index in [-0.39, 0.29) is 6.54 Å². The molecule has 0 aliphatic carbocycles. The lowest BCUT2D eigenvalue weighted by Crippen LogP contribution is -2.39. The number of hydrogen-bond donors (Lipinski definition) is 0. The second-order valence-corrected chi connectivity index (χ2v) is 8.15. The molecule has 0 aliphatic rings. The summed E-state index contributed by atoms with van der Waals surface area (Å²) in [6.07, 6.45) is 0. The number of hydrogen-bond acceptors (Lipinski definition) is 4. The summed E-state index contributed by atoms with van der Waals surface area (Å²) < 4.78 is 5.90. The number of rotatable bonds is 3. The van der Waals surface area contributed by atoms with Gasteiger partial charge < -0.3 is 4.57 Å². The number of halogens is 2. The molecule has 0 bridgehead atoms. The van der Waals surface area contributed by atoms with Gasteiger partial charge in [-0.3, -0.25) is 13.9 Å². The number of nitrogens with zero attached hydrogens (tertiary/aromatic N) is 6. The molecular weight excluding hydrogens is 427 g/mol. The highest BCUT2D eigenvalue weighted by atomic mass is 35.5. The van der Waals surface area contributed by atoms with E-state index in [2.05, 4.69) is 10.1 Å². The molecule has 0 radical (unpaired) electrons. The lowest BCUT2D eigenvalue weighted by Gasteiger charge is -2.09. The van der Waals surface area contributed by atoms with Crippen molar-refractivity contribution in [2.45, 2.75) is 27.3 Å². The molecule has 4 aromatic rings. The predicted molar refractivity (Wildman–Crippen MR) is 117 cm³/mol. The largest absolute Gasteiger partial charge is 0.332 e. The van der Waals surface area contributed by atoms with Crippen LogP contribution in [0.25, 0.3) is 17.1 Å². The molecule has 3 heterocycles. The van der Waals surface area contributed by atoms with Gasteiger partial charge in [0, 0.05) is 19.8 Å². The van der Waals surface area contributed by atoms with Crippen LogP contribution in [0.5, 0.6) is 0 Å². The number of imidazole rings is 1. The summed E-state index contributed by atoms with van der Waals surface area (Å²) in [5.41, 5.74) is 3.27. The smallest absolute Gasteiger partial charge is 0.306 e. The minimum Gasteiger partial charge on any atom is -0.306 e. The van der Waals surface area contributed by atoms with Crippen LogP contribution in [0.3, 0.4) is 0 Å². The third-order valence-electron chi connectivity index (χ3n) is 5.50. The summed E-state index contributed by atoms with van der Waals surface area (Å²) in [7, 11) is 3.34. The lowest BCUT2D eigenvalue weighted by atomic mass is 10.2. The Labute approximate surface area is 181 Å². The molecule has 0 N–H and O–H groups in total. The zero-order valence-corrected chi connectivity index (χ0v) is 18.7. The molecule has 4 rings (SSSR count). The zero-order chi connectivity index (χ0) is 21.9. The minimum atomic E-state index is -0.465. The van der Waals surface area contributed by atoms with E-state index in [4.69, 9.17) is 23.2 Å². The second-order valence-electron chi connectivity index (χ2n) is 7.33. The van der Waals surface area contributed by atoms with Crippen molar-refractivity contribution in [2.75, 3.05) is 0 Å². The van der Waals surface area contributed by atoms with Crippen molar-refractivity contribution in [1.29, 1.82) is 0 Å². The Morgan fingerprint density at radius 2 is 1.70 bits per heavy atom. The van der Waals surface area contributed by atoms with Gasteiger partial charge in [0.2, 0.25) is 5.95 Å². The summed E-state index contributed by atoms with van der Waals surface area (Å²) in [6, 6.07) is 5.02. The van der Waals surface area contributed by atoms with Crippen LogP contribution < -0.4 is 11.2 Å². The Balaban J connectivity index is 1.96. The van der Waals surface area contributed by atoms with Gasteiger partial charge in [-0.1, -0.05) is 29.3 Å². The Morgan fingerprint density at radius 3 is 2.30 bits per heavy atom. The Kier molecular flexibility index (Phi) is 4.86. The van der Waals surface area contributed by atoms with Gasteiger partial charge in [0.05, 0.1) is 22.3 Å². The van der Waals surface area contributed by atoms with Gasteiger partial charge in [-0.05, 0) is 44.0 Å². The molecule has 8 nitrogen and oxygen atoms in total. The van der Waals surface area contributed by atoms with Gasteiger partial charge in [-0.2, -0.15) is 10.1 Å². The van der Waals surface area contributed by atoms with Crippen LogP contribution in [0.4, 0.5) is 0 Å². The van der Waals surface area contributed by atoms with Crippen LogP contribution >= 0.6 is 23.2 Å². The molecule has 1 aromatic carbocycles. The van der Waals surface area contributed by atoms with E-state index in [9.17, 15) is 9.59 Å². The average Bonchev–Trinajstić information content (AvgIpc) is 3.18. The molecule has 0 aliphatic heterocycles. The first-order valence-electron chi connectivity index (χ1n) is 9.25. The van der Waals surface area contributed by atoms with Crippen LogP contribution in [0, 0.1) is 20.8 Å². The molecule has 0 atom stereocenters. The maximum absolute atomic E-state index is 13.3. The fourth-order valence-electron chi connectivity index (χ4n) is 3.50. The van der Waals surface area contributed by atoms with Gasteiger partial charge in [0.1, 0.15) is 0 Å². The molecule has 10 heteroatoms. The number of benzene rings is 1. The van der Waals surface area contributed by atoms with E-state index in [0.29, 0.717) is 32.7 Å². The van der Waals surface area contributed by atoms with Gasteiger partial charge >= 0.3 is 5.69 Å². The van der Waals surface area contributed by atoms with Crippen molar-refractivity contribution in [3.05, 3.63) is 71.6 Å². The number of fused-ring (bicyclic) bond motifs is 1. The Bertz CT molecular complexity index is 1440. The summed E-state index contributed by atoms with van der Waals surface area (Å²) in [6.45, 7) is 5.91. The quantitative estimate of drug-likeness (QED) is 0.484. The van der Waals surface area contributed by atoms with Crippen molar-refractivity contribution < 1.29 is 0 Å². The van der Waals surface area contributed by atoms with Crippen molar-refractivity contribution in [3.63, 3.8) is 0 Å². The number of aryl methyl sites for hydroxylation is 3. The van der Waals surface area contributed by atoms with E-state index in [1.54, 1.807) is 41.5 Å². The van der Waals surface area contributed by atoms with E-state index < -0.39 is 11.2 Å². The highest BCUT2D eigenvalue weighted by Gasteiger charge is 2.21. The summed E-state index contributed by atoms with van der Waals surface area (Å²) in [4.78, 5) is 30.8. The third-order valence-corrected chi connectivity index (χ3v) is 6.24. The zero-order valence-electron chi connectivity index (χ0n) is 17.2. The Morgan fingerprint density at radius 1 is 1.00 bits per heavy atom. The minimum absolute atomic E-state index is 0.0673. The normalized spacial score (nSPS) is 11.6. The SMILES string of the molecule is Cc1nn(-c2nc3c(c(=O)n(Cc4ccc(Cl)c(Cl)c4)c(=O)n3C)n2C)c(C)c1C. The second kappa shape index (κ2) is 7.14.